The molecule has 1 N–H and O–H groups in total. The maximum absolute atomic E-state index is 12.3. The molecule has 1 aliphatic heterocycles. The first-order chi connectivity index (χ1) is 10.1. The Kier molecular flexibility index (Phi) is 4.30. The maximum atomic E-state index is 12.3. The van der Waals surface area contributed by atoms with Gasteiger partial charge in [0.25, 0.3) is 5.91 Å². The smallest absolute Gasteiger partial charge is 0.485 e. The molecule has 0 unspecified atom stereocenters. The first-order valence-electron chi connectivity index (χ1n) is 6.30. The van der Waals surface area contributed by atoms with E-state index in [0.717, 1.165) is 4.90 Å². The van der Waals surface area contributed by atoms with Gasteiger partial charge in [-0.25, -0.2) is 0 Å². The van der Waals surface area contributed by atoms with E-state index in [1.54, 1.807) is 24.3 Å². The number of carbonyl (C=O) groups excluding carboxylic acids is 2. The Balaban J connectivity index is 2.42. The van der Waals surface area contributed by atoms with Crippen molar-refractivity contribution >= 4 is 11.8 Å². The van der Waals surface area contributed by atoms with E-state index in [9.17, 15) is 14.7 Å². The number of imide groups is 1. The lowest BCUT2D eigenvalue weighted by Gasteiger charge is -2.32. The van der Waals surface area contributed by atoms with Gasteiger partial charge in [-0.1, -0.05) is 30.3 Å². The molecule has 7 nitrogen and oxygen atoms in total. The lowest BCUT2D eigenvalue weighted by atomic mass is 10.0. The molecule has 0 aliphatic carbocycles. The topological polar surface area (TPSA) is 95.0 Å². The van der Waals surface area contributed by atoms with Crippen molar-refractivity contribution in [1.29, 1.82) is 5.39 Å². The van der Waals surface area contributed by atoms with Gasteiger partial charge in [-0.3, -0.25) is 14.5 Å². The number of ether oxygens (including phenoxy) is 1. The normalized spacial score (nSPS) is 19.7. The number of nitrogens with zero attached hydrogens (tertiary/aromatic N) is 3. The van der Waals surface area contributed by atoms with Gasteiger partial charge in [-0.05, 0) is 5.56 Å². The summed E-state index contributed by atoms with van der Waals surface area (Å²) in [5, 5.41) is 18.2. The summed E-state index contributed by atoms with van der Waals surface area (Å²) in [6.07, 6.45) is 0. The second-order valence-electron chi connectivity index (χ2n) is 4.54. The molecule has 1 atom stereocenters. The van der Waals surface area contributed by atoms with E-state index >= 15 is 0 Å². The van der Waals surface area contributed by atoms with E-state index in [1.165, 1.54) is 6.92 Å². The van der Waals surface area contributed by atoms with Crippen LogP contribution in [0.2, 0.25) is 0 Å². The molecule has 2 rings (SSSR count). The quantitative estimate of drug-likeness (QED) is 0.508. The molecule has 1 aliphatic rings. The van der Waals surface area contributed by atoms with Crippen LogP contribution in [0.5, 0.6) is 0 Å². The highest BCUT2D eigenvalue weighted by Crippen LogP contribution is 2.27. The van der Waals surface area contributed by atoms with Gasteiger partial charge in [0, 0.05) is 6.92 Å². The van der Waals surface area contributed by atoms with Crippen molar-refractivity contribution < 1.29 is 19.4 Å². The summed E-state index contributed by atoms with van der Waals surface area (Å²) in [6.45, 7) is 1.11. The van der Waals surface area contributed by atoms with Crippen LogP contribution in [0.25, 0.3) is 4.98 Å². The van der Waals surface area contributed by atoms with Crippen LogP contribution in [0.4, 0.5) is 0 Å². The largest absolute Gasteiger partial charge is 0.505 e. The zero-order valence-corrected chi connectivity index (χ0v) is 11.4. The fourth-order valence-electron chi connectivity index (χ4n) is 2.14. The lowest BCUT2D eigenvalue weighted by molar-refractivity contribution is -0.157. The molecule has 1 aromatic carbocycles. The summed E-state index contributed by atoms with van der Waals surface area (Å²) in [7, 11) is 0. The van der Waals surface area contributed by atoms with E-state index in [0.29, 0.717) is 5.56 Å². The molecular formula is C14H14N3O4+. The average molecular weight is 288 g/mol. The molecule has 1 fully saturated rings. The Morgan fingerprint density at radius 2 is 2.10 bits per heavy atom. The van der Waals surface area contributed by atoms with Crippen molar-refractivity contribution in [3.05, 3.63) is 52.3 Å². The highest BCUT2D eigenvalue weighted by atomic mass is 16.5. The number of aliphatic hydroxyl groups excluding tert-OH is 1. The minimum atomic E-state index is -0.861. The molecule has 21 heavy (non-hydrogen) atoms. The van der Waals surface area contributed by atoms with E-state index in [1.807, 2.05) is 6.07 Å². The van der Waals surface area contributed by atoms with Gasteiger partial charge in [-0.15, -0.1) is 0 Å². The van der Waals surface area contributed by atoms with Gasteiger partial charge >= 0.3 is 11.6 Å². The Morgan fingerprint density at radius 1 is 1.43 bits per heavy atom. The zero-order valence-electron chi connectivity index (χ0n) is 11.4. The van der Waals surface area contributed by atoms with Crippen molar-refractivity contribution in [2.45, 2.75) is 13.0 Å². The number of hydrogen-bond acceptors (Lipinski definition) is 5. The Labute approximate surface area is 121 Å². The van der Waals surface area contributed by atoms with Gasteiger partial charge in [0.15, 0.2) is 10.7 Å². The van der Waals surface area contributed by atoms with Crippen LogP contribution in [0.15, 0.2) is 41.8 Å². The average Bonchev–Trinajstić information content (AvgIpc) is 2.48. The molecule has 0 bridgehead atoms. The second kappa shape index (κ2) is 6.15. The summed E-state index contributed by atoms with van der Waals surface area (Å²) in [4.78, 5) is 28.1. The highest BCUT2D eigenvalue weighted by Gasteiger charge is 2.42. The SMILES string of the molecule is C/C(O)=C(\[N+]#N)C(=O)N1C(=O)COC[C@H]1c1ccccc1. The number of diazo groups is 1. The van der Waals surface area contributed by atoms with E-state index in [4.69, 9.17) is 10.1 Å². The second-order valence-corrected chi connectivity index (χ2v) is 4.54. The van der Waals surface area contributed by atoms with Crippen LogP contribution < -0.4 is 0 Å². The highest BCUT2D eigenvalue weighted by molar-refractivity contribution is 6.06. The first kappa shape index (κ1) is 14.7. The van der Waals surface area contributed by atoms with E-state index in [-0.39, 0.29) is 13.2 Å². The molecular weight excluding hydrogens is 274 g/mol. The molecule has 108 valence electrons. The number of hydrogen-bond donors (Lipinski definition) is 1. The Hall–Kier alpha value is -2.72. The number of rotatable bonds is 2. The molecule has 1 saturated heterocycles. The zero-order chi connectivity index (χ0) is 15.4. The third kappa shape index (κ3) is 2.90. The maximum Gasteiger partial charge on any atom is 0.485 e. The third-order valence-electron chi connectivity index (χ3n) is 3.13. The fourth-order valence-corrected chi connectivity index (χ4v) is 2.14. The van der Waals surface area contributed by atoms with Gasteiger partial charge in [0.1, 0.15) is 6.61 Å². The lowest BCUT2D eigenvalue weighted by Crippen LogP contribution is -2.48. The summed E-state index contributed by atoms with van der Waals surface area (Å²) in [5.74, 6) is -1.88. The molecule has 1 aromatic rings. The predicted molar refractivity (Wildman–Crippen MR) is 72.3 cm³/mol. The Bertz CT molecular complexity index is 629. The van der Waals surface area contributed by atoms with Crippen molar-refractivity contribution in [3.8, 4) is 0 Å². The van der Waals surface area contributed by atoms with Crippen molar-refractivity contribution in [1.82, 2.24) is 4.90 Å². The predicted octanol–water partition coefficient (Wildman–Crippen LogP) is 1.76. The van der Waals surface area contributed by atoms with Crippen molar-refractivity contribution in [3.63, 3.8) is 0 Å². The summed E-state index contributed by atoms with van der Waals surface area (Å²) < 4.78 is 5.19. The summed E-state index contributed by atoms with van der Waals surface area (Å²) in [5.41, 5.74) is 0.151. The summed E-state index contributed by atoms with van der Waals surface area (Å²) in [6, 6.07) is 8.27. The molecule has 0 radical (unpaired) electrons. The Morgan fingerprint density at radius 3 is 2.67 bits per heavy atom. The molecule has 0 aromatic heterocycles. The minimum Gasteiger partial charge on any atom is -0.505 e. The number of benzene rings is 1. The van der Waals surface area contributed by atoms with Crippen LogP contribution in [-0.2, 0) is 14.3 Å². The third-order valence-corrected chi connectivity index (χ3v) is 3.13. The molecule has 0 saturated carbocycles. The standard InChI is InChI=1S/C14H13N3O4/c1-9(18)13(16-15)14(20)17-11(7-21-8-12(17)19)10-5-3-2-4-6-10/h2-6,11H,7-8H2,1H3/p+1/t11-/m0/s1. The number of aliphatic hydroxyl groups is 1. The van der Waals surface area contributed by atoms with Gasteiger partial charge < -0.3 is 9.84 Å². The molecule has 0 spiro atoms. The number of allylic oxidation sites excluding steroid dienone is 1. The van der Waals surface area contributed by atoms with E-state index < -0.39 is 29.3 Å². The molecule has 2 amide bonds. The van der Waals surface area contributed by atoms with Crippen LogP contribution in [0, 0.1) is 5.39 Å². The van der Waals surface area contributed by atoms with Crippen LogP contribution in [-0.4, -0.2) is 35.0 Å². The van der Waals surface area contributed by atoms with Crippen molar-refractivity contribution in [2.24, 2.45) is 0 Å². The van der Waals surface area contributed by atoms with Crippen molar-refractivity contribution in [2.75, 3.05) is 13.2 Å². The summed E-state index contributed by atoms with van der Waals surface area (Å²) >= 11 is 0. The number of morpholine rings is 1. The van der Waals surface area contributed by atoms with Gasteiger partial charge in [0.05, 0.1) is 12.6 Å². The fraction of sp³-hybridized carbons (Fsp3) is 0.286. The minimum absolute atomic E-state index is 0.144. The number of carbonyl (C=O) groups is 2. The molecule has 1 heterocycles. The molecule has 7 heteroatoms. The van der Waals surface area contributed by atoms with Gasteiger partial charge in [0.2, 0.25) is 5.39 Å². The van der Waals surface area contributed by atoms with Crippen LogP contribution in [0.1, 0.15) is 18.5 Å². The number of amides is 2. The van der Waals surface area contributed by atoms with Crippen LogP contribution >= 0.6 is 0 Å². The van der Waals surface area contributed by atoms with Crippen LogP contribution in [0.3, 0.4) is 0 Å². The van der Waals surface area contributed by atoms with Gasteiger partial charge in [-0.2, -0.15) is 0 Å². The van der Waals surface area contributed by atoms with E-state index in [2.05, 4.69) is 4.98 Å². The monoisotopic (exact) mass is 288 g/mol. The first-order valence-corrected chi connectivity index (χ1v) is 6.30.